The second-order valence-electron chi connectivity index (χ2n) is 4.91. The monoisotopic (exact) mass is 242 g/mol. The molecule has 0 bridgehead atoms. The first-order valence-electron chi connectivity index (χ1n) is 6.24. The number of aliphatic carboxylic acids is 1. The number of hydrogen-bond donors (Lipinski definition) is 2. The van der Waals surface area contributed by atoms with Crippen LogP contribution in [0.4, 0.5) is 0 Å². The number of carboxylic acids is 1. The molecule has 0 aromatic carbocycles. The number of hydrogen-bond acceptors (Lipinski definition) is 3. The number of carbonyl (C=O) groups excluding carboxylic acids is 1. The van der Waals surface area contributed by atoms with Gasteiger partial charge in [0.2, 0.25) is 5.91 Å². The van der Waals surface area contributed by atoms with Gasteiger partial charge in [-0.25, -0.2) is 0 Å². The quantitative estimate of drug-likeness (QED) is 0.742. The van der Waals surface area contributed by atoms with E-state index in [0.717, 1.165) is 12.8 Å². The average Bonchev–Trinajstić information content (AvgIpc) is 2.67. The predicted octanol–water partition coefficient (Wildman–Crippen LogP) is 0.683. The molecule has 5 heteroatoms. The Morgan fingerprint density at radius 1 is 1.47 bits per heavy atom. The summed E-state index contributed by atoms with van der Waals surface area (Å²) in [5.41, 5.74) is 5.81. The number of nitrogens with zero attached hydrogens (tertiary/aromatic N) is 1. The SMILES string of the molecule is CCCCC(N)C(=O)N1CC(C)C(C(=O)O)C1. The topological polar surface area (TPSA) is 83.6 Å². The van der Waals surface area contributed by atoms with Crippen LogP contribution in [0.3, 0.4) is 0 Å². The highest BCUT2D eigenvalue weighted by Gasteiger charge is 2.37. The number of carbonyl (C=O) groups is 2. The van der Waals surface area contributed by atoms with Gasteiger partial charge in [-0.15, -0.1) is 0 Å². The molecular weight excluding hydrogens is 220 g/mol. The summed E-state index contributed by atoms with van der Waals surface area (Å²) in [5.74, 6) is -1.36. The first-order valence-corrected chi connectivity index (χ1v) is 6.24. The molecule has 5 nitrogen and oxygen atoms in total. The largest absolute Gasteiger partial charge is 0.481 e. The Balaban J connectivity index is 2.52. The van der Waals surface area contributed by atoms with E-state index < -0.39 is 17.9 Å². The molecule has 1 aliphatic rings. The van der Waals surface area contributed by atoms with Crippen molar-refractivity contribution in [2.24, 2.45) is 17.6 Å². The third-order valence-corrected chi connectivity index (χ3v) is 3.43. The van der Waals surface area contributed by atoms with Crippen LogP contribution >= 0.6 is 0 Å². The van der Waals surface area contributed by atoms with Gasteiger partial charge in [-0.3, -0.25) is 9.59 Å². The summed E-state index contributed by atoms with van der Waals surface area (Å²) in [6.07, 6.45) is 2.62. The summed E-state index contributed by atoms with van der Waals surface area (Å²) in [6.45, 7) is 4.73. The number of nitrogens with two attached hydrogens (primary N) is 1. The molecule has 3 atom stereocenters. The fraction of sp³-hybridized carbons (Fsp3) is 0.833. The summed E-state index contributed by atoms with van der Waals surface area (Å²) in [7, 11) is 0. The van der Waals surface area contributed by atoms with Crippen molar-refractivity contribution in [2.45, 2.75) is 39.2 Å². The fourth-order valence-electron chi connectivity index (χ4n) is 2.25. The van der Waals surface area contributed by atoms with Crippen molar-refractivity contribution in [2.75, 3.05) is 13.1 Å². The van der Waals surface area contributed by atoms with E-state index in [1.165, 1.54) is 0 Å². The third-order valence-electron chi connectivity index (χ3n) is 3.43. The number of rotatable bonds is 5. The molecule has 1 amide bonds. The lowest BCUT2D eigenvalue weighted by atomic mass is 9.99. The van der Waals surface area contributed by atoms with Gasteiger partial charge >= 0.3 is 5.97 Å². The molecule has 0 aromatic heterocycles. The van der Waals surface area contributed by atoms with Crippen molar-refractivity contribution in [3.8, 4) is 0 Å². The zero-order valence-electron chi connectivity index (χ0n) is 10.6. The van der Waals surface area contributed by atoms with Gasteiger partial charge < -0.3 is 15.7 Å². The normalized spacial score (nSPS) is 25.9. The van der Waals surface area contributed by atoms with Crippen LogP contribution in [0.25, 0.3) is 0 Å². The molecule has 3 N–H and O–H groups in total. The summed E-state index contributed by atoms with van der Waals surface area (Å²) in [6, 6.07) is -0.477. The van der Waals surface area contributed by atoms with Crippen molar-refractivity contribution in [1.82, 2.24) is 4.90 Å². The molecular formula is C12H22N2O3. The van der Waals surface area contributed by atoms with E-state index in [0.29, 0.717) is 19.5 Å². The van der Waals surface area contributed by atoms with E-state index >= 15 is 0 Å². The Bertz CT molecular complexity index is 293. The molecule has 1 rings (SSSR count). The van der Waals surface area contributed by atoms with E-state index in [-0.39, 0.29) is 11.8 Å². The molecule has 98 valence electrons. The Morgan fingerprint density at radius 2 is 2.12 bits per heavy atom. The summed E-state index contributed by atoms with van der Waals surface area (Å²) in [4.78, 5) is 24.5. The van der Waals surface area contributed by atoms with E-state index in [9.17, 15) is 9.59 Å². The van der Waals surface area contributed by atoms with Gasteiger partial charge in [0.15, 0.2) is 0 Å². The van der Waals surface area contributed by atoms with E-state index in [4.69, 9.17) is 10.8 Å². The average molecular weight is 242 g/mol. The van der Waals surface area contributed by atoms with Crippen LogP contribution in [0, 0.1) is 11.8 Å². The maximum Gasteiger partial charge on any atom is 0.308 e. The van der Waals surface area contributed by atoms with Gasteiger partial charge in [-0.1, -0.05) is 26.7 Å². The molecule has 0 saturated carbocycles. The second kappa shape index (κ2) is 6.00. The maximum atomic E-state index is 12.0. The molecule has 1 heterocycles. The number of likely N-dealkylation sites (tertiary alicyclic amines) is 1. The standard InChI is InChI=1S/C12H22N2O3/c1-3-4-5-10(13)11(15)14-6-8(2)9(7-14)12(16)17/h8-10H,3-7,13H2,1-2H3,(H,16,17). The van der Waals surface area contributed by atoms with Gasteiger partial charge in [-0.2, -0.15) is 0 Å². The van der Waals surface area contributed by atoms with Crippen LogP contribution < -0.4 is 5.73 Å². The van der Waals surface area contributed by atoms with Gasteiger partial charge in [0.05, 0.1) is 12.0 Å². The van der Waals surface area contributed by atoms with Crippen LogP contribution in [0.1, 0.15) is 33.1 Å². The van der Waals surface area contributed by atoms with Gasteiger partial charge in [0.25, 0.3) is 0 Å². The fourth-order valence-corrected chi connectivity index (χ4v) is 2.25. The molecule has 0 aliphatic carbocycles. The minimum absolute atomic E-state index is 0.00910. The van der Waals surface area contributed by atoms with Crippen LogP contribution in [0.15, 0.2) is 0 Å². The number of unbranched alkanes of at least 4 members (excludes halogenated alkanes) is 1. The van der Waals surface area contributed by atoms with E-state index in [1.807, 2.05) is 6.92 Å². The Hall–Kier alpha value is -1.10. The smallest absolute Gasteiger partial charge is 0.308 e. The first kappa shape index (κ1) is 14.0. The molecule has 17 heavy (non-hydrogen) atoms. The molecule has 0 aromatic rings. The molecule has 1 saturated heterocycles. The lowest BCUT2D eigenvalue weighted by Gasteiger charge is -2.20. The summed E-state index contributed by atoms with van der Waals surface area (Å²) in [5, 5.41) is 8.99. The van der Waals surface area contributed by atoms with Gasteiger partial charge in [-0.05, 0) is 12.3 Å². The van der Waals surface area contributed by atoms with Crippen LogP contribution in [-0.2, 0) is 9.59 Å². The maximum absolute atomic E-state index is 12.0. The van der Waals surface area contributed by atoms with Crippen molar-refractivity contribution in [1.29, 1.82) is 0 Å². The van der Waals surface area contributed by atoms with Crippen molar-refractivity contribution in [3.63, 3.8) is 0 Å². The van der Waals surface area contributed by atoms with Gasteiger partial charge in [0.1, 0.15) is 0 Å². The molecule has 0 spiro atoms. The summed E-state index contributed by atoms with van der Waals surface area (Å²) < 4.78 is 0. The third kappa shape index (κ3) is 3.43. The minimum Gasteiger partial charge on any atom is -0.481 e. The second-order valence-corrected chi connectivity index (χ2v) is 4.91. The van der Waals surface area contributed by atoms with Crippen LogP contribution in [0.2, 0.25) is 0 Å². The zero-order chi connectivity index (χ0) is 13.0. The van der Waals surface area contributed by atoms with Crippen molar-refractivity contribution >= 4 is 11.9 Å². The first-order chi connectivity index (χ1) is 7.97. The van der Waals surface area contributed by atoms with Crippen LogP contribution in [0.5, 0.6) is 0 Å². The molecule has 0 radical (unpaired) electrons. The molecule has 3 unspecified atom stereocenters. The minimum atomic E-state index is -0.824. The van der Waals surface area contributed by atoms with Gasteiger partial charge in [0, 0.05) is 13.1 Å². The Labute approximate surface area is 102 Å². The Kier molecular flexibility index (Phi) is 4.93. The van der Waals surface area contributed by atoms with Crippen molar-refractivity contribution < 1.29 is 14.7 Å². The molecule has 1 fully saturated rings. The summed E-state index contributed by atoms with van der Waals surface area (Å²) >= 11 is 0. The zero-order valence-corrected chi connectivity index (χ0v) is 10.6. The predicted molar refractivity (Wildman–Crippen MR) is 64.4 cm³/mol. The lowest BCUT2D eigenvalue weighted by molar-refractivity contribution is -0.142. The number of amides is 1. The highest BCUT2D eigenvalue weighted by Crippen LogP contribution is 2.23. The van der Waals surface area contributed by atoms with E-state index in [1.54, 1.807) is 4.90 Å². The van der Waals surface area contributed by atoms with E-state index in [2.05, 4.69) is 6.92 Å². The highest BCUT2D eigenvalue weighted by molar-refractivity contribution is 5.83. The lowest BCUT2D eigenvalue weighted by Crippen LogP contribution is -2.43. The van der Waals surface area contributed by atoms with Crippen LogP contribution in [-0.4, -0.2) is 41.0 Å². The number of carboxylic acid groups (broad SMARTS) is 1. The highest BCUT2D eigenvalue weighted by atomic mass is 16.4. The molecule has 1 aliphatic heterocycles. The Morgan fingerprint density at radius 3 is 2.59 bits per heavy atom. The van der Waals surface area contributed by atoms with Crippen molar-refractivity contribution in [3.05, 3.63) is 0 Å².